The molecule has 0 amide bonds. The van der Waals surface area contributed by atoms with Crippen LogP contribution in [0.5, 0.6) is 0 Å². The fourth-order valence-electron chi connectivity index (χ4n) is 12.4. The zero-order valence-corrected chi connectivity index (χ0v) is 67.6. The van der Waals surface area contributed by atoms with Crippen LogP contribution in [0.4, 0.5) is 0 Å². The molecular formula is C81H158O17P2. The van der Waals surface area contributed by atoms with Gasteiger partial charge in [-0.05, 0) is 49.4 Å². The standard InChI is InChI=1S/C81H158O17P2/c1-9-74(8)60-52-44-36-27-23-19-14-12-10-11-13-15-20-24-28-37-45-53-61-78(83)91-67-76(97-80(85)63-55-47-39-29-25-21-17-16-18-22-26-33-41-49-57-71(2)3)69-95-99(87,88)93-65-75(82)66-94-100(89,90)96-70-77(98-81(86)64-56-48-40-32-35-43-51-59-73(6)7)68-92-79(84)62-54-46-38-31-30-34-42-50-58-72(4)5/h71-77,82H,9-70H2,1-8H3,(H,87,88)(H,89,90)/t74?,75?,76-,77-/m1/s1. The number of carbonyl (C=O) groups is 4. The number of esters is 4. The molecule has 0 radical (unpaired) electrons. The Morgan fingerprint density at radius 3 is 0.710 bits per heavy atom. The second kappa shape index (κ2) is 70.1. The Bertz CT molecular complexity index is 1960. The molecule has 0 spiro atoms. The maximum absolute atomic E-state index is 13.1. The van der Waals surface area contributed by atoms with Crippen LogP contribution in [0, 0.1) is 23.7 Å². The zero-order valence-electron chi connectivity index (χ0n) is 65.8. The predicted molar refractivity (Wildman–Crippen MR) is 409 cm³/mol. The average molecular weight is 1470 g/mol. The van der Waals surface area contributed by atoms with Crippen molar-refractivity contribution >= 4 is 39.5 Å². The molecule has 19 heteroatoms. The Kier molecular flexibility index (Phi) is 68.7. The molecule has 100 heavy (non-hydrogen) atoms. The SMILES string of the molecule is CCC(C)CCCCCCCCCCCCCCCCCCCCC(=O)OC[C@H](COP(=O)(O)OCC(O)COP(=O)(O)OC[C@@H](COC(=O)CCCCCCCCCCC(C)C)OC(=O)CCCCCCCCCC(C)C)OC(=O)CCCCCCCCCCCCCCCCC(C)C. The lowest BCUT2D eigenvalue weighted by atomic mass is 9.99. The number of aliphatic hydroxyl groups is 1. The van der Waals surface area contributed by atoms with Crippen molar-refractivity contribution in [3.63, 3.8) is 0 Å². The van der Waals surface area contributed by atoms with E-state index in [4.69, 9.17) is 37.0 Å². The van der Waals surface area contributed by atoms with Crippen LogP contribution in [-0.2, 0) is 65.4 Å². The van der Waals surface area contributed by atoms with E-state index in [1.54, 1.807) is 0 Å². The van der Waals surface area contributed by atoms with Gasteiger partial charge in [-0.2, -0.15) is 0 Å². The van der Waals surface area contributed by atoms with Gasteiger partial charge in [0.05, 0.1) is 26.4 Å². The van der Waals surface area contributed by atoms with Gasteiger partial charge in [-0.3, -0.25) is 37.3 Å². The lowest BCUT2D eigenvalue weighted by Gasteiger charge is -2.21. The third-order valence-electron chi connectivity index (χ3n) is 19.2. The molecule has 0 aliphatic rings. The first-order valence-corrected chi connectivity index (χ1v) is 44.7. The van der Waals surface area contributed by atoms with Crippen LogP contribution < -0.4 is 0 Å². The van der Waals surface area contributed by atoms with Crippen molar-refractivity contribution in [1.82, 2.24) is 0 Å². The third kappa shape index (κ3) is 73.0. The average Bonchev–Trinajstić information content (AvgIpc) is 0.941. The number of rotatable bonds is 78. The molecule has 0 rings (SSSR count). The molecule has 17 nitrogen and oxygen atoms in total. The van der Waals surface area contributed by atoms with Gasteiger partial charge in [0.25, 0.3) is 0 Å². The van der Waals surface area contributed by atoms with E-state index < -0.39 is 97.5 Å². The number of phosphoric acid groups is 2. The molecule has 4 unspecified atom stereocenters. The minimum atomic E-state index is -4.96. The molecule has 6 atom stereocenters. The summed E-state index contributed by atoms with van der Waals surface area (Å²) in [6.45, 7) is 14.2. The second-order valence-corrected chi connectivity index (χ2v) is 33.7. The Balaban J connectivity index is 5.19. The Labute approximate surface area is 613 Å². The van der Waals surface area contributed by atoms with E-state index in [-0.39, 0.29) is 25.7 Å². The lowest BCUT2D eigenvalue weighted by molar-refractivity contribution is -0.161. The Morgan fingerprint density at radius 1 is 0.280 bits per heavy atom. The summed E-state index contributed by atoms with van der Waals surface area (Å²) in [7, 11) is -9.92. The summed E-state index contributed by atoms with van der Waals surface area (Å²) in [6.07, 6.45) is 57.1. The number of carbonyl (C=O) groups excluding carboxylic acids is 4. The lowest BCUT2D eigenvalue weighted by Crippen LogP contribution is -2.30. The molecule has 0 aliphatic carbocycles. The van der Waals surface area contributed by atoms with Crippen molar-refractivity contribution in [1.29, 1.82) is 0 Å². The fraction of sp³-hybridized carbons (Fsp3) is 0.951. The number of ether oxygens (including phenoxy) is 4. The van der Waals surface area contributed by atoms with Gasteiger partial charge in [0.1, 0.15) is 19.3 Å². The van der Waals surface area contributed by atoms with E-state index in [0.717, 1.165) is 108 Å². The molecule has 0 aliphatic heterocycles. The molecule has 0 aromatic heterocycles. The van der Waals surface area contributed by atoms with Gasteiger partial charge in [-0.15, -0.1) is 0 Å². The maximum atomic E-state index is 13.1. The first-order valence-electron chi connectivity index (χ1n) is 41.7. The van der Waals surface area contributed by atoms with Crippen LogP contribution in [-0.4, -0.2) is 96.7 Å². The van der Waals surface area contributed by atoms with Crippen molar-refractivity contribution < 1.29 is 80.2 Å². The first-order chi connectivity index (χ1) is 48.1. The number of unbranched alkanes of at least 4 members (excludes halogenated alkanes) is 43. The normalized spacial score (nSPS) is 14.3. The van der Waals surface area contributed by atoms with Gasteiger partial charge in [-0.1, -0.05) is 364 Å². The Morgan fingerprint density at radius 2 is 0.480 bits per heavy atom. The van der Waals surface area contributed by atoms with Gasteiger partial charge >= 0.3 is 39.5 Å². The summed E-state index contributed by atoms with van der Waals surface area (Å²) in [4.78, 5) is 72.9. The van der Waals surface area contributed by atoms with Crippen LogP contribution in [0.2, 0.25) is 0 Å². The summed E-state index contributed by atoms with van der Waals surface area (Å²) < 4.78 is 68.6. The smallest absolute Gasteiger partial charge is 0.462 e. The molecule has 0 fully saturated rings. The quantitative estimate of drug-likeness (QED) is 0.0222. The first kappa shape index (κ1) is 98.1. The molecular weight excluding hydrogens is 1310 g/mol. The highest BCUT2D eigenvalue weighted by molar-refractivity contribution is 7.47. The predicted octanol–water partition coefficient (Wildman–Crippen LogP) is 24.0. The largest absolute Gasteiger partial charge is 0.472 e. The highest BCUT2D eigenvalue weighted by Gasteiger charge is 2.30. The van der Waals surface area contributed by atoms with Gasteiger partial charge in [0, 0.05) is 25.7 Å². The van der Waals surface area contributed by atoms with Crippen molar-refractivity contribution in [3.8, 4) is 0 Å². The van der Waals surface area contributed by atoms with Crippen LogP contribution >= 0.6 is 15.6 Å². The van der Waals surface area contributed by atoms with E-state index in [9.17, 15) is 43.2 Å². The highest BCUT2D eigenvalue weighted by Crippen LogP contribution is 2.45. The van der Waals surface area contributed by atoms with Crippen molar-refractivity contribution in [3.05, 3.63) is 0 Å². The van der Waals surface area contributed by atoms with E-state index in [1.807, 2.05) is 0 Å². The summed E-state index contributed by atoms with van der Waals surface area (Å²) in [6, 6.07) is 0. The summed E-state index contributed by atoms with van der Waals surface area (Å²) in [5, 5.41) is 10.6. The van der Waals surface area contributed by atoms with Crippen molar-refractivity contribution in [2.45, 2.75) is 433 Å². The second-order valence-electron chi connectivity index (χ2n) is 30.8. The van der Waals surface area contributed by atoms with E-state index in [2.05, 4.69) is 55.4 Å². The van der Waals surface area contributed by atoms with Crippen molar-refractivity contribution in [2.24, 2.45) is 23.7 Å². The van der Waals surface area contributed by atoms with Crippen LogP contribution in [0.1, 0.15) is 415 Å². The summed E-state index contributed by atoms with van der Waals surface area (Å²) in [5.74, 6) is 0.973. The van der Waals surface area contributed by atoms with Gasteiger partial charge in [0.2, 0.25) is 0 Å². The molecule has 0 aromatic carbocycles. The van der Waals surface area contributed by atoms with Crippen molar-refractivity contribution in [2.75, 3.05) is 39.6 Å². The third-order valence-corrected chi connectivity index (χ3v) is 21.1. The zero-order chi connectivity index (χ0) is 73.8. The van der Waals surface area contributed by atoms with Crippen LogP contribution in [0.15, 0.2) is 0 Å². The van der Waals surface area contributed by atoms with E-state index in [0.29, 0.717) is 31.6 Å². The molecule has 3 N–H and O–H groups in total. The number of aliphatic hydroxyl groups excluding tert-OH is 1. The highest BCUT2D eigenvalue weighted by atomic mass is 31.2. The van der Waals surface area contributed by atoms with E-state index in [1.165, 1.54) is 218 Å². The molecule has 0 saturated carbocycles. The molecule has 594 valence electrons. The molecule has 0 aromatic rings. The number of phosphoric ester groups is 2. The van der Waals surface area contributed by atoms with Crippen LogP contribution in [0.3, 0.4) is 0 Å². The Hall–Kier alpha value is -1.94. The number of hydrogen-bond donors (Lipinski definition) is 3. The fourth-order valence-corrected chi connectivity index (χ4v) is 14.0. The molecule has 0 heterocycles. The molecule has 0 bridgehead atoms. The molecule has 0 saturated heterocycles. The van der Waals surface area contributed by atoms with Crippen LogP contribution in [0.25, 0.3) is 0 Å². The maximum Gasteiger partial charge on any atom is 0.472 e. The minimum Gasteiger partial charge on any atom is -0.462 e. The van der Waals surface area contributed by atoms with Gasteiger partial charge < -0.3 is 33.8 Å². The topological polar surface area (TPSA) is 237 Å². The van der Waals surface area contributed by atoms with Gasteiger partial charge in [-0.25, -0.2) is 9.13 Å². The summed E-state index contributed by atoms with van der Waals surface area (Å²) >= 11 is 0. The number of hydrogen-bond acceptors (Lipinski definition) is 15. The summed E-state index contributed by atoms with van der Waals surface area (Å²) in [5.41, 5.74) is 0. The monoisotopic (exact) mass is 1470 g/mol. The minimum absolute atomic E-state index is 0.103. The van der Waals surface area contributed by atoms with Gasteiger partial charge in [0.15, 0.2) is 12.2 Å². The van der Waals surface area contributed by atoms with E-state index >= 15 is 0 Å².